The van der Waals surface area contributed by atoms with Crippen LogP contribution in [0.15, 0.2) is 59.6 Å². The molecule has 2 aromatic carbocycles. The molecule has 1 aliphatic rings. The smallest absolute Gasteiger partial charge is 0.194 e. The molecular weight excluding hydrogens is 451 g/mol. The zero-order chi connectivity index (χ0) is 18.2. The Morgan fingerprint density at radius 2 is 1.67 bits per heavy atom. The average molecular weight is 480 g/mol. The predicted octanol–water partition coefficient (Wildman–Crippen LogP) is 3.34. The Morgan fingerprint density at radius 3 is 2.33 bits per heavy atom. The van der Waals surface area contributed by atoms with Gasteiger partial charge >= 0.3 is 0 Å². The topological polar surface area (TPSA) is 51.1 Å². The fourth-order valence-corrected chi connectivity index (χ4v) is 3.25. The van der Waals surface area contributed by atoms with Crippen LogP contribution < -0.4 is 10.2 Å². The Morgan fingerprint density at radius 1 is 1.00 bits per heavy atom. The van der Waals surface area contributed by atoms with Gasteiger partial charge in [-0.25, -0.2) is 0 Å². The van der Waals surface area contributed by atoms with E-state index in [1.807, 2.05) is 24.3 Å². The van der Waals surface area contributed by atoms with Crippen molar-refractivity contribution in [3.05, 3.63) is 60.2 Å². The van der Waals surface area contributed by atoms with E-state index in [1.165, 1.54) is 5.56 Å². The number of anilines is 1. The van der Waals surface area contributed by atoms with E-state index >= 15 is 0 Å². The maximum atomic E-state index is 10.1. The van der Waals surface area contributed by atoms with Gasteiger partial charge in [0.1, 0.15) is 5.75 Å². The van der Waals surface area contributed by atoms with E-state index in [-0.39, 0.29) is 24.0 Å². The van der Waals surface area contributed by atoms with E-state index in [9.17, 15) is 5.11 Å². The van der Waals surface area contributed by atoms with Gasteiger partial charge in [-0.05, 0) is 31.0 Å². The van der Waals surface area contributed by atoms with Crippen molar-refractivity contribution in [2.45, 2.75) is 13.3 Å². The number of nitrogens with one attached hydrogen (secondary N) is 1. The van der Waals surface area contributed by atoms with Crippen LogP contribution in [0.1, 0.15) is 12.5 Å². The molecule has 1 aliphatic heterocycles. The summed E-state index contributed by atoms with van der Waals surface area (Å²) in [5.41, 5.74) is 2.23. The molecule has 3 rings (SSSR count). The first-order chi connectivity index (χ1) is 12.8. The average Bonchev–Trinajstić information content (AvgIpc) is 2.69. The monoisotopic (exact) mass is 480 g/mol. The number of aromatic hydroxyl groups is 1. The van der Waals surface area contributed by atoms with E-state index in [2.05, 4.69) is 46.3 Å². The standard InChI is InChI=1S/C21H28N4O.HI/c1-2-22-21(23-13-12-18-8-4-3-5-9-18)25-16-14-24(15-17-25)19-10-6-7-11-20(19)26;/h3-11,26H,2,12-17H2,1H3,(H,22,23);1H. The molecule has 2 aromatic rings. The first-order valence-electron chi connectivity index (χ1n) is 9.38. The molecule has 0 radical (unpaired) electrons. The van der Waals surface area contributed by atoms with Gasteiger partial charge in [-0.3, -0.25) is 4.99 Å². The number of phenolic OH excluding ortho intramolecular Hbond substituents is 1. The Labute approximate surface area is 179 Å². The molecule has 0 atom stereocenters. The van der Waals surface area contributed by atoms with Gasteiger partial charge in [-0.1, -0.05) is 42.5 Å². The molecule has 146 valence electrons. The van der Waals surface area contributed by atoms with Crippen LogP contribution in [0.4, 0.5) is 5.69 Å². The third-order valence-electron chi connectivity index (χ3n) is 4.64. The predicted molar refractivity (Wildman–Crippen MR) is 123 cm³/mol. The molecule has 2 N–H and O–H groups in total. The maximum Gasteiger partial charge on any atom is 0.194 e. The summed E-state index contributed by atoms with van der Waals surface area (Å²) in [6, 6.07) is 18.0. The molecule has 0 aliphatic carbocycles. The second kappa shape index (κ2) is 11.0. The number of para-hydroxylation sites is 2. The van der Waals surface area contributed by atoms with Crippen LogP contribution >= 0.6 is 24.0 Å². The lowest BCUT2D eigenvalue weighted by Crippen LogP contribution is -2.52. The van der Waals surface area contributed by atoms with E-state index in [0.29, 0.717) is 5.75 Å². The van der Waals surface area contributed by atoms with Crippen molar-refractivity contribution in [1.29, 1.82) is 0 Å². The van der Waals surface area contributed by atoms with Crippen LogP contribution in [0.2, 0.25) is 0 Å². The molecule has 5 nitrogen and oxygen atoms in total. The summed E-state index contributed by atoms with van der Waals surface area (Å²) in [6.45, 7) is 7.29. The SMILES string of the molecule is CCNC(=NCCc1ccccc1)N1CCN(c2ccccc2O)CC1.I. The van der Waals surface area contributed by atoms with Crippen LogP contribution in [0.3, 0.4) is 0 Å². The number of benzene rings is 2. The highest BCUT2D eigenvalue weighted by Gasteiger charge is 2.21. The zero-order valence-corrected chi connectivity index (χ0v) is 18.2. The highest BCUT2D eigenvalue weighted by atomic mass is 127. The summed E-state index contributed by atoms with van der Waals surface area (Å²) >= 11 is 0. The minimum absolute atomic E-state index is 0. The lowest BCUT2D eigenvalue weighted by atomic mass is 10.2. The molecule has 0 bridgehead atoms. The number of guanidine groups is 1. The summed E-state index contributed by atoms with van der Waals surface area (Å²) in [6.07, 6.45) is 0.952. The molecule has 0 amide bonds. The lowest BCUT2D eigenvalue weighted by molar-refractivity contribution is 0.370. The normalized spacial score (nSPS) is 14.6. The van der Waals surface area contributed by atoms with Crippen molar-refractivity contribution in [3.63, 3.8) is 0 Å². The number of nitrogens with zero attached hydrogens (tertiary/aromatic N) is 3. The first-order valence-corrected chi connectivity index (χ1v) is 9.38. The van der Waals surface area contributed by atoms with E-state index in [1.54, 1.807) is 6.07 Å². The summed E-state index contributed by atoms with van der Waals surface area (Å²) < 4.78 is 0. The summed E-state index contributed by atoms with van der Waals surface area (Å²) in [4.78, 5) is 9.36. The maximum absolute atomic E-state index is 10.1. The first kappa shape index (κ1) is 21.3. The van der Waals surface area contributed by atoms with Gasteiger partial charge in [0.25, 0.3) is 0 Å². The number of hydrogen-bond donors (Lipinski definition) is 2. The fraction of sp³-hybridized carbons (Fsp3) is 0.381. The van der Waals surface area contributed by atoms with Crippen LogP contribution in [-0.4, -0.2) is 55.2 Å². The minimum atomic E-state index is 0. The Bertz CT molecular complexity index is 715. The molecule has 1 saturated heterocycles. The van der Waals surface area contributed by atoms with Gasteiger partial charge in [-0.15, -0.1) is 24.0 Å². The minimum Gasteiger partial charge on any atom is -0.506 e. The van der Waals surface area contributed by atoms with Gasteiger partial charge in [0.05, 0.1) is 5.69 Å². The van der Waals surface area contributed by atoms with Gasteiger partial charge in [0.15, 0.2) is 5.96 Å². The van der Waals surface area contributed by atoms with Gasteiger partial charge in [0.2, 0.25) is 0 Å². The van der Waals surface area contributed by atoms with E-state index < -0.39 is 0 Å². The Kier molecular flexibility index (Phi) is 8.71. The molecule has 0 spiro atoms. The molecule has 0 aromatic heterocycles. The van der Waals surface area contributed by atoms with Crippen molar-refractivity contribution in [2.24, 2.45) is 4.99 Å². The molecular formula is C21H29IN4O. The molecule has 0 saturated carbocycles. The fourth-order valence-electron chi connectivity index (χ4n) is 3.25. The number of aliphatic imine (C=N–C) groups is 1. The van der Waals surface area contributed by atoms with Crippen molar-refractivity contribution in [3.8, 4) is 5.75 Å². The van der Waals surface area contributed by atoms with E-state index in [4.69, 9.17) is 4.99 Å². The Balaban J connectivity index is 0.00000261. The molecule has 1 fully saturated rings. The van der Waals surface area contributed by atoms with Crippen LogP contribution in [0.5, 0.6) is 5.75 Å². The number of rotatable bonds is 5. The molecule has 6 heteroatoms. The van der Waals surface area contributed by atoms with Crippen molar-refractivity contribution >= 4 is 35.6 Å². The second-order valence-electron chi connectivity index (χ2n) is 6.43. The third-order valence-corrected chi connectivity index (χ3v) is 4.64. The number of piperazine rings is 1. The quantitative estimate of drug-likeness (QED) is 0.392. The zero-order valence-electron chi connectivity index (χ0n) is 15.8. The molecule has 0 unspecified atom stereocenters. The lowest BCUT2D eigenvalue weighted by Gasteiger charge is -2.37. The van der Waals surface area contributed by atoms with E-state index in [0.717, 1.165) is 57.3 Å². The highest BCUT2D eigenvalue weighted by molar-refractivity contribution is 14.0. The van der Waals surface area contributed by atoms with Gasteiger partial charge in [-0.2, -0.15) is 0 Å². The Hall–Kier alpha value is -1.96. The summed E-state index contributed by atoms with van der Waals surface area (Å²) in [5, 5.41) is 13.5. The van der Waals surface area contributed by atoms with Gasteiger partial charge in [0, 0.05) is 39.3 Å². The van der Waals surface area contributed by atoms with Crippen LogP contribution in [0, 0.1) is 0 Å². The number of phenols is 1. The van der Waals surface area contributed by atoms with Crippen molar-refractivity contribution in [1.82, 2.24) is 10.2 Å². The molecule has 1 heterocycles. The van der Waals surface area contributed by atoms with Crippen LogP contribution in [-0.2, 0) is 6.42 Å². The van der Waals surface area contributed by atoms with Crippen LogP contribution in [0.25, 0.3) is 0 Å². The summed E-state index contributed by atoms with van der Waals surface area (Å²) in [7, 11) is 0. The largest absolute Gasteiger partial charge is 0.506 e. The number of halogens is 1. The third kappa shape index (κ3) is 6.02. The van der Waals surface area contributed by atoms with Gasteiger partial charge < -0.3 is 20.2 Å². The molecule has 27 heavy (non-hydrogen) atoms. The van der Waals surface area contributed by atoms with Crippen molar-refractivity contribution in [2.75, 3.05) is 44.2 Å². The summed E-state index contributed by atoms with van der Waals surface area (Å²) in [5.74, 6) is 1.34. The highest BCUT2D eigenvalue weighted by Crippen LogP contribution is 2.27. The number of hydrogen-bond acceptors (Lipinski definition) is 3. The second-order valence-corrected chi connectivity index (χ2v) is 6.43. The van der Waals surface area contributed by atoms with Crippen molar-refractivity contribution < 1.29 is 5.11 Å².